The van der Waals surface area contributed by atoms with Gasteiger partial charge >= 0.3 is 5.97 Å². The lowest BCUT2D eigenvalue weighted by Gasteiger charge is -2.32. The Hall–Kier alpha value is -2.04. The summed E-state index contributed by atoms with van der Waals surface area (Å²) >= 11 is 0. The second-order valence-corrected chi connectivity index (χ2v) is 5.88. The molecule has 1 aromatic rings. The molecule has 1 aliphatic rings. The summed E-state index contributed by atoms with van der Waals surface area (Å²) in [5.41, 5.74) is 1.20. The van der Waals surface area contributed by atoms with Crippen molar-refractivity contribution in [3.05, 3.63) is 29.8 Å². The van der Waals surface area contributed by atoms with Crippen LogP contribution < -0.4 is 10.1 Å². The third kappa shape index (κ3) is 3.78. The van der Waals surface area contributed by atoms with E-state index >= 15 is 0 Å². The average molecular weight is 305 g/mol. The summed E-state index contributed by atoms with van der Waals surface area (Å²) in [7, 11) is 1.64. The van der Waals surface area contributed by atoms with E-state index in [-0.39, 0.29) is 11.8 Å². The van der Waals surface area contributed by atoms with Crippen LogP contribution in [0.1, 0.15) is 37.7 Å². The summed E-state index contributed by atoms with van der Waals surface area (Å²) in [5.74, 6) is -0.691. The standard InChI is InChI=1S/C17H23NO4/c1-11(12-3-5-13(22-2)6-4-12)9-10-18-16(19)14-7-8-15(14)17(20)21/h3-6,11,14-15H,7-10H2,1-2H3,(H,18,19)(H,20,21). The van der Waals surface area contributed by atoms with E-state index in [0.717, 1.165) is 12.2 Å². The van der Waals surface area contributed by atoms with Gasteiger partial charge in [0.15, 0.2) is 0 Å². The van der Waals surface area contributed by atoms with Gasteiger partial charge in [-0.05, 0) is 42.9 Å². The molecule has 5 heteroatoms. The van der Waals surface area contributed by atoms with E-state index in [1.807, 2.05) is 24.3 Å². The largest absolute Gasteiger partial charge is 0.497 e. The fraction of sp³-hybridized carbons (Fsp3) is 0.529. The van der Waals surface area contributed by atoms with Gasteiger partial charge in [0.25, 0.3) is 0 Å². The first-order valence-electron chi connectivity index (χ1n) is 7.67. The number of hydrogen-bond acceptors (Lipinski definition) is 3. The fourth-order valence-corrected chi connectivity index (χ4v) is 2.75. The Morgan fingerprint density at radius 2 is 1.91 bits per heavy atom. The van der Waals surface area contributed by atoms with E-state index < -0.39 is 11.9 Å². The van der Waals surface area contributed by atoms with Crippen LogP contribution in [0.4, 0.5) is 0 Å². The Bertz CT molecular complexity index is 526. The molecule has 22 heavy (non-hydrogen) atoms. The van der Waals surface area contributed by atoms with Crippen LogP contribution in [0.15, 0.2) is 24.3 Å². The van der Waals surface area contributed by atoms with Crippen LogP contribution in [0.2, 0.25) is 0 Å². The predicted octanol–water partition coefficient (Wildman–Crippen LogP) is 2.42. The zero-order valence-electron chi connectivity index (χ0n) is 13.0. The first kappa shape index (κ1) is 16.3. The summed E-state index contributed by atoms with van der Waals surface area (Å²) < 4.78 is 5.13. The van der Waals surface area contributed by atoms with Crippen LogP contribution in [0.3, 0.4) is 0 Å². The second kappa shape index (κ2) is 7.29. The summed E-state index contributed by atoms with van der Waals surface area (Å²) in [6.45, 7) is 2.67. The van der Waals surface area contributed by atoms with E-state index in [1.54, 1.807) is 7.11 Å². The Labute approximate surface area is 130 Å². The average Bonchev–Trinajstić information content (AvgIpc) is 2.45. The van der Waals surface area contributed by atoms with Gasteiger partial charge in [-0.25, -0.2) is 0 Å². The topological polar surface area (TPSA) is 75.6 Å². The van der Waals surface area contributed by atoms with Crippen LogP contribution >= 0.6 is 0 Å². The van der Waals surface area contributed by atoms with Gasteiger partial charge in [0.05, 0.1) is 18.9 Å². The van der Waals surface area contributed by atoms with Crippen molar-refractivity contribution in [1.82, 2.24) is 5.32 Å². The number of methoxy groups -OCH3 is 1. The molecule has 0 aromatic heterocycles. The molecular weight excluding hydrogens is 282 g/mol. The third-order valence-electron chi connectivity index (χ3n) is 4.49. The molecule has 0 aliphatic heterocycles. The molecule has 0 saturated heterocycles. The number of ether oxygens (including phenoxy) is 1. The predicted molar refractivity (Wildman–Crippen MR) is 82.9 cm³/mol. The number of aliphatic carboxylic acids is 1. The lowest BCUT2D eigenvalue weighted by molar-refractivity contribution is -0.152. The molecule has 2 N–H and O–H groups in total. The second-order valence-electron chi connectivity index (χ2n) is 5.88. The monoisotopic (exact) mass is 305 g/mol. The SMILES string of the molecule is COc1ccc(C(C)CCNC(=O)C2CCC2C(=O)O)cc1. The van der Waals surface area contributed by atoms with Crippen LogP contribution in [0, 0.1) is 11.8 Å². The molecule has 2 rings (SSSR count). The quantitative estimate of drug-likeness (QED) is 0.811. The summed E-state index contributed by atoms with van der Waals surface area (Å²) in [4.78, 5) is 22.9. The maximum Gasteiger partial charge on any atom is 0.307 e. The number of carboxylic acid groups (broad SMARTS) is 1. The number of rotatable bonds is 7. The van der Waals surface area contributed by atoms with Crippen molar-refractivity contribution in [2.75, 3.05) is 13.7 Å². The Balaban J connectivity index is 1.75. The molecule has 1 amide bonds. The highest BCUT2D eigenvalue weighted by molar-refractivity contribution is 5.86. The highest BCUT2D eigenvalue weighted by atomic mass is 16.5. The van der Waals surface area contributed by atoms with Crippen molar-refractivity contribution >= 4 is 11.9 Å². The first-order chi connectivity index (χ1) is 10.5. The summed E-state index contributed by atoms with van der Waals surface area (Å²) in [6.07, 6.45) is 2.11. The van der Waals surface area contributed by atoms with E-state index in [1.165, 1.54) is 5.56 Å². The number of carbonyl (C=O) groups excluding carboxylic acids is 1. The number of benzene rings is 1. The molecule has 0 bridgehead atoms. The Morgan fingerprint density at radius 3 is 2.41 bits per heavy atom. The molecule has 3 atom stereocenters. The van der Waals surface area contributed by atoms with Gasteiger partial charge in [0.1, 0.15) is 5.75 Å². The van der Waals surface area contributed by atoms with Crippen LogP contribution in [0.25, 0.3) is 0 Å². The molecule has 1 aliphatic carbocycles. The molecular formula is C17H23NO4. The van der Waals surface area contributed by atoms with Crippen molar-refractivity contribution in [3.63, 3.8) is 0 Å². The molecule has 0 spiro atoms. The molecule has 0 radical (unpaired) electrons. The van der Waals surface area contributed by atoms with E-state index in [4.69, 9.17) is 9.84 Å². The van der Waals surface area contributed by atoms with Gasteiger partial charge in [-0.15, -0.1) is 0 Å². The molecule has 1 saturated carbocycles. The van der Waals surface area contributed by atoms with Crippen molar-refractivity contribution in [2.45, 2.75) is 32.1 Å². The van der Waals surface area contributed by atoms with Crippen LogP contribution in [-0.4, -0.2) is 30.6 Å². The van der Waals surface area contributed by atoms with Gasteiger partial charge in [0, 0.05) is 6.54 Å². The van der Waals surface area contributed by atoms with Crippen LogP contribution in [-0.2, 0) is 9.59 Å². The highest BCUT2D eigenvalue weighted by Crippen LogP contribution is 2.34. The van der Waals surface area contributed by atoms with E-state index in [9.17, 15) is 9.59 Å². The number of carboxylic acids is 1. The number of hydrogen-bond donors (Lipinski definition) is 2. The lowest BCUT2D eigenvalue weighted by atomic mass is 9.73. The number of carbonyl (C=O) groups is 2. The first-order valence-corrected chi connectivity index (χ1v) is 7.67. The maximum absolute atomic E-state index is 12.0. The van der Waals surface area contributed by atoms with Gasteiger partial charge in [-0.1, -0.05) is 19.1 Å². The molecule has 1 fully saturated rings. The number of nitrogens with one attached hydrogen (secondary N) is 1. The summed E-state index contributed by atoms with van der Waals surface area (Å²) in [5, 5.41) is 11.8. The minimum atomic E-state index is -0.863. The zero-order chi connectivity index (χ0) is 16.1. The van der Waals surface area contributed by atoms with Crippen molar-refractivity contribution in [1.29, 1.82) is 0 Å². The molecule has 5 nitrogen and oxygen atoms in total. The molecule has 3 unspecified atom stereocenters. The Kier molecular flexibility index (Phi) is 5.41. The third-order valence-corrected chi connectivity index (χ3v) is 4.49. The minimum absolute atomic E-state index is 0.124. The van der Waals surface area contributed by atoms with Gasteiger partial charge < -0.3 is 15.2 Å². The van der Waals surface area contributed by atoms with Gasteiger partial charge in [0.2, 0.25) is 5.91 Å². The molecule has 120 valence electrons. The fourth-order valence-electron chi connectivity index (χ4n) is 2.75. The van der Waals surface area contributed by atoms with Gasteiger partial charge in [-0.3, -0.25) is 9.59 Å². The maximum atomic E-state index is 12.0. The van der Waals surface area contributed by atoms with Crippen molar-refractivity contribution < 1.29 is 19.4 Å². The van der Waals surface area contributed by atoms with E-state index in [2.05, 4.69) is 12.2 Å². The van der Waals surface area contributed by atoms with Gasteiger partial charge in [-0.2, -0.15) is 0 Å². The van der Waals surface area contributed by atoms with Crippen molar-refractivity contribution in [3.8, 4) is 5.75 Å². The van der Waals surface area contributed by atoms with E-state index in [0.29, 0.717) is 25.3 Å². The number of amides is 1. The smallest absolute Gasteiger partial charge is 0.307 e. The normalized spacial score (nSPS) is 21.5. The summed E-state index contributed by atoms with van der Waals surface area (Å²) in [6, 6.07) is 7.90. The Morgan fingerprint density at radius 1 is 1.27 bits per heavy atom. The minimum Gasteiger partial charge on any atom is -0.497 e. The zero-order valence-corrected chi connectivity index (χ0v) is 13.0. The molecule has 0 heterocycles. The molecule has 1 aromatic carbocycles. The lowest BCUT2D eigenvalue weighted by Crippen LogP contribution is -2.44. The highest BCUT2D eigenvalue weighted by Gasteiger charge is 2.41. The van der Waals surface area contributed by atoms with Crippen LogP contribution in [0.5, 0.6) is 5.75 Å². The van der Waals surface area contributed by atoms with Crippen molar-refractivity contribution in [2.24, 2.45) is 11.8 Å².